The molecule has 0 aromatic carbocycles. The number of hydrogen-bond donors (Lipinski definition) is 1. The molecule has 0 radical (unpaired) electrons. The highest BCUT2D eigenvalue weighted by molar-refractivity contribution is 8.76. The number of nitrogens with zero attached hydrogens (tertiary/aromatic N) is 2. The first-order valence-corrected chi connectivity index (χ1v) is 8.62. The standard InChI is InChI=1S/C12H17N3O3S2/c1-2-3-7-13-11(16)6-8-19-20-12-5-4-10(9-14-12)15(17)18/h4-5,9H,2-3,6-8H2,1H3,(H,13,16). The van der Waals surface area contributed by atoms with Crippen molar-refractivity contribution in [3.05, 3.63) is 28.4 Å². The lowest BCUT2D eigenvalue weighted by atomic mass is 10.3. The highest BCUT2D eigenvalue weighted by atomic mass is 33.1. The predicted molar refractivity (Wildman–Crippen MR) is 81.7 cm³/mol. The number of rotatable bonds is 9. The second-order valence-corrected chi connectivity index (χ2v) is 6.41. The lowest BCUT2D eigenvalue weighted by molar-refractivity contribution is -0.385. The maximum atomic E-state index is 11.4. The molecule has 0 unspecified atom stereocenters. The molecule has 0 aliphatic rings. The van der Waals surface area contributed by atoms with Gasteiger partial charge in [-0.3, -0.25) is 14.9 Å². The number of hydrogen-bond acceptors (Lipinski definition) is 6. The van der Waals surface area contributed by atoms with Gasteiger partial charge in [0.05, 0.1) is 4.92 Å². The third kappa shape index (κ3) is 6.76. The topological polar surface area (TPSA) is 85.1 Å². The van der Waals surface area contributed by atoms with E-state index in [9.17, 15) is 14.9 Å². The summed E-state index contributed by atoms with van der Waals surface area (Å²) in [5, 5.41) is 14.0. The Morgan fingerprint density at radius 3 is 2.90 bits per heavy atom. The fraction of sp³-hybridized carbons (Fsp3) is 0.500. The molecule has 1 amide bonds. The zero-order chi connectivity index (χ0) is 14.8. The molecule has 0 aliphatic carbocycles. The van der Waals surface area contributed by atoms with Gasteiger partial charge < -0.3 is 5.32 Å². The molecule has 1 aromatic rings. The molecule has 110 valence electrons. The van der Waals surface area contributed by atoms with Crippen molar-refractivity contribution in [3.63, 3.8) is 0 Å². The summed E-state index contributed by atoms with van der Waals surface area (Å²) in [6, 6.07) is 3.03. The number of amides is 1. The first-order valence-electron chi connectivity index (χ1n) is 6.30. The zero-order valence-corrected chi connectivity index (χ0v) is 12.8. The van der Waals surface area contributed by atoms with Crippen molar-refractivity contribution in [2.24, 2.45) is 0 Å². The second kappa shape index (κ2) is 9.60. The van der Waals surface area contributed by atoms with Gasteiger partial charge in [-0.15, -0.1) is 0 Å². The van der Waals surface area contributed by atoms with Crippen LogP contribution in [-0.2, 0) is 4.79 Å². The Labute approximate surface area is 125 Å². The highest BCUT2D eigenvalue weighted by Gasteiger charge is 2.06. The smallest absolute Gasteiger partial charge is 0.287 e. The summed E-state index contributed by atoms with van der Waals surface area (Å²) in [4.78, 5) is 25.4. The molecule has 6 nitrogen and oxygen atoms in total. The lowest BCUT2D eigenvalue weighted by Gasteiger charge is -2.03. The van der Waals surface area contributed by atoms with Crippen LogP contribution in [0.1, 0.15) is 26.2 Å². The molecule has 0 fully saturated rings. The lowest BCUT2D eigenvalue weighted by Crippen LogP contribution is -2.24. The van der Waals surface area contributed by atoms with Crippen LogP contribution >= 0.6 is 21.6 Å². The minimum absolute atomic E-state index is 0.0188. The van der Waals surface area contributed by atoms with Gasteiger partial charge in [0.1, 0.15) is 11.2 Å². The van der Waals surface area contributed by atoms with Gasteiger partial charge >= 0.3 is 0 Å². The van der Waals surface area contributed by atoms with Gasteiger partial charge in [0, 0.05) is 24.8 Å². The molecular formula is C12H17N3O3S2. The van der Waals surface area contributed by atoms with E-state index in [0.717, 1.165) is 19.4 Å². The van der Waals surface area contributed by atoms with Crippen LogP contribution in [0.2, 0.25) is 0 Å². The molecule has 1 aromatic heterocycles. The fourth-order valence-corrected chi connectivity index (χ4v) is 3.11. The van der Waals surface area contributed by atoms with E-state index in [1.807, 2.05) is 0 Å². The third-order valence-electron chi connectivity index (χ3n) is 2.34. The minimum atomic E-state index is -0.477. The average Bonchev–Trinajstić information content (AvgIpc) is 2.44. The predicted octanol–water partition coefficient (Wildman–Crippen LogP) is 3.04. The van der Waals surface area contributed by atoms with Crippen LogP contribution in [0.25, 0.3) is 0 Å². The number of nitro groups is 1. The minimum Gasteiger partial charge on any atom is -0.356 e. The summed E-state index contributed by atoms with van der Waals surface area (Å²) in [5.74, 6) is 0.740. The van der Waals surface area contributed by atoms with Crippen molar-refractivity contribution < 1.29 is 9.72 Å². The Morgan fingerprint density at radius 1 is 1.50 bits per heavy atom. The first-order chi connectivity index (χ1) is 9.63. The number of carbonyl (C=O) groups excluding carboxylic acids is 1. The normalized spacial score (nSPS) is 10.2. The summed E-state index contributed by atoms with van der Waals surface area (Å²) in [6.07, 6.45) is 3.77. The Morgan fingerprint density at radius 2 is 2.30 bits per heavy atom. The van der Waals surface area contributed by atoms with Crippen molar-refractivity contribution >= 4 is 33.2 Å². The number of carbonyl (C=O) groups is 1. The van der Waals surface area contributed by atoms with Gasteiger partial charge in [-0.2, -0.15) is 0 Å². The van der Waals surface area contributed by atoms with Crippen molar-refractivity contribution in [1.29, 1.82) is 0 Å². The molecule has 0 aliphatic heterocycles. The molecule has 1 N–H and O–H groups in total. The van der Waals surface area contributed by atoms with Crippen LogP contribution in [0.4, 0.5) is 5.69 Å². The Hall–Kier alpha value is -1.28. The monoisotopic (exact) mass is 315 g/mol. The van der Waals surface area contributed by atoms with E-state index < -0.39 is 4.92 Å². The number of unbranched alkanes of at least 4 members (excludes halogenated alkanes) is 1. The SMILES string of the molecule is CCCCNC(=O)CCSSc1ccc([N+](=O)[O-])cn1. The molecule has 1 rings (SSSR count). The molecule has 20 heavy (non-hydrogen) atoms. The van der Waals surface area contributed by atoms with E-state index in [0.29, 0.717) is 17.2 Å². The third-order valence-corrected chi connectivity index (χ3v) is 4.61. The molecule has 1 heterocycles. The molecular weight excluding hydrogens is 298 g/mol. The van der Waals surface area contributed by atoms with Crippen molar-refractivity contribution in [1.82, 2.24) is 10.3 Å². The number of nitrogens with one attached hydrogen (secondary N) is 1. The Balaban J connectivity index is 2.17. The molecule has 0 saturated heterocycles. The van der Waals surface area contributed by atoms with Gasteiger partial charge in [-0.05, 0) is 23.3 Å². The summed E-state index contributed by atoms with van der Waals surface area (Å²) in [7, 11) is 2.93. The van der Waals surface area contributed by atoms with E-state index in [2.05, 4.69) is 17.2 Å². The Kier molecular flexibility index (Phi) is 8.05. The molecule has 0 spiro atoms. The van der Waals surface area contributed by atoms with Crippen LogP contribution in [0.15, 0.2) is 23.4 Å². The average molecular weight is 315 g/mol. The summed E-state index contributed by atoms with van der Waals surface area (Å²) >= 11 is 0. The van der Waals surface area contributed by atoms with Crippen LogP contribution < -0.4 is 5.32 Å². The van der Waals surface area contributed by atoms with Gasteiger partial charge in [0.2, 0.25) is 5.91 Å². The van der Waals surface area contributed by atoms with Crippen LogP contribution in [0.3, 0.4) is 0 Å². The van der Waals surface area contributed by atoms with Gasteiger partial charge in [0.25, 0.3) is 5.69 Å². The molecule has 0 bridgehead atoms. The fourth-order valence-electron chi connectivity index (χ4n) is 1.26. The number of pyridine rings is 1. The molecule has 0 atom stereocenters. The van der Waals surface area contributed by atoms with Crippen LogP contribution in [0, 0.1) is 10.1 Å². The summed E-state index contributed by atoms with van der Waals surface area (Å²) in [5.41, 5.74) is -0.0188. The zero-order valence-electron chi connectivity index (χ0n) is 11.2. The summed E-state index contributed by atoms with van der Waals surface area (Å²) in [6.45, 7) is 2.81. The van der Waals surface area contributed by atoms with Gasteiger partial charge in [-0.1, -0.05) is 24.1 Å². The van der Waals surface area contributed by atoms with Crippen molar-refractivity contribution in [2.45, 2.75) is 31.2 Å². The van der Waals surface area contributed by atoms with Crippen LogP contribution in [0.5, 0.6) is 0 Å². The maximum Gasteiger partial charge on any atom is 0.287 e. The van der Waals surface area contributed by atoms with Gasteiger partial charge in [0.15, 0.2) is 0 Å². The highest BCUT2D eigenvalue weighted by Crippen LogP contribution is 2.30. The van der Waals surface area contributed by atoms with E-state index in [-0.39, 0.29) is 11.6 Å². The van der Waals surface area contributed by atoms with E-state index in [1.54, 1.807) is 6.07 Å². The van der Waals surface area contributed by atoms with Gasteiger partial charge in [-0.25, -0.2) is 4.98 Å². The Bertz CT molecular complexity index is 440. The molecule has 8 heteroatoms. The van der Waals surface area contributed by atoms with Crippen molar-refractivity contribution in [2.75, 3.05) is 12.3 Å². The second-order valence-electron chi connectivity index (χ2n) is 3.97. The van der Waals surface area contributed by atoms with E-state index in [1.165, 1.54) is 33.9 Å². The first kappa shape index (κ1) is 16.8. The molecule has 0 saturated carbocycles. The van der Waals surface area contributed by atoms with Crippen LogP contribution in [-0.4, -0.2) is 28.1 Å². The maximum absolute atomic E-state index is 11.4. The number of aromatic nitrogens is 1. The van der Waals surface area contributed by atoms with Crippen molar-refractivity contribution in [3.8, 4) is 0 Å². The largest absolute Gasteiger partial charge is 0.356 e. The quantitative estimate of drug-likeness (QED) is 0.326. The van der Waals surface area contributed by atoms with E-state index in [4.69, 9.17) is 0 Å². The summed E-state index contributed by atoms with van der Waals surface area (Å²) < 4.78 is 0. The van der Waals surface area contributed by atoms with E-state index >= 15 is 0 Å².